The standard InChI is InChI=1S/C22H23ClN4O4/c1-14-22(30)27(18-4-2-3-5-19(18)31-14)10-8-20(28)25-15-6-7-17(16(23)12-15)26-11-9-24-21(29)13-26/h2-7,12,14H,8-11,13H2,1H3,(H,24,29)(H,25,28). The number of hydrogen-bond acceptors (Lipinski definition) is 5. The third kappa shape index (κ3) is 4.59. The quantitative estimate of drug-likeness (QED) is 0.742. The summed E-state index contributed by atoms with van der Waals surface area (Å²) >= 11 is 6.39. The first kappa shape index (κ1) is 21.0. The normalized spacial score (nSPS) is 18.2. The van der Waals surface area contributed by atoms with Gasteiger partial charge in [-0.25, -0.2) is 0 Å². The number of carbonyl (C=O) groups is 3. The van der Waals surface area contributed by atoms with Crippen LogP contribution >= 0.6 is 11.6 Å². The molecular formula is C22H23ClN4O4. The summed E-state index contributed by atoms with van der Waals surface area (Å²) in [5.41, 5.74) is 1.97. The number of amides is 3. The maximum Gasteiger partial charge on any atom is 0.267 e. The number of benzene rings is 2. The van der Waals surface area contributed by atoms with Crippen molar-refractivity contribution in [2.45, 2.75) is 19.4 Å². The molecule has 1 saturated heterocycles. The summed E-state index contributed by atoms with van der Waals surface area (Å²) in [5.74, 6) is 0.173. The molecule has 2 aliphatic heterocycles. The molecule has 0 aromatic heterocycles. The van der Waals surface area contributed by atoms with Crippen LogP contribution in [0.25, 0.3) is 0 Å². The van der Waals surface area contributed by atoms with Crippen LogP contribution in [0.5, 0.6) is 5.75 Å². The molecule has 31 heavy (non-hydrogen) atoms. The van der Waals surface area contributed by atoms with E-state index in [1.54, 1.807) is 42.2 Å². The molecule has 4 rings (SSSR count). The number of anilines is 3. The van der Waals surface area contributed by atoms with Gasteiger partial charge in [-0.15, -0.1) is 0 Å². The molecule has 2 aromatic carbocycles. The van der Waals surface area contributed by atoms with Gasteiger partial charge in [-0.2, -0.15) is 0 Å². The van der Waals surface area contributed by atoms with Gasteiger partial charge >= 0.3 is 0 Å². The molecule has 0 radical (unpaired) electrons. The highest BCUT2D eigenvalue weighted by atomic mass is 35.5. The van der Waals surface area contributed by atoms with Crippen molar-refractivity contribution in [3.8, 4) is 5.75 Å². The van der Waals surface area contributed by atoms with E-state index in [9.17, 15) is 14.4 Å². The zero-order chi connectivity index (χ0) is 22.0. The van der Waals surface area contributed by atoms with E-state index in [4.69, 9.17) is 16.3 Å². The number of hydrogen-bond donors (Lipinski definition) is 2. The van der Waals surface area contributed by atoms with Crippen molar-refractivity contribution in [2.24, 2.45) is 0 Å². The molecule has 9 heteroatoms. The lowest BCUT2D eigenvalue weighted by atomic mass is 10.1. The summed E-state index contributed by atoms with van der Waals surface area (Å²) in [7, 11) is 0. The molecule has 2 heterocycles. The average Bonchev–Trinajstić information content (AvgIpc) is 2.74. The van der Waals surface area contributed by atoms with Crippen LogP contribution in [0.15, 0.2) is 42.5 Å². The van der Waals surface area contributed by atoms with Gasteiger partial charge < -0.3 is 25.2 Å². The highest BCUT2D eigenvalue weighted by Crippen LogP contribution is 2.34. The number of ether oxygens (including phenoxy) is 1. The molecule has 2 N–H and O–H groups in total. The van der Waals surface area contributed by atoms with Crippen LogP contribution < -0.4 is 25.2 Å². The Morgan fingerprint density at radius 2 is 2.03 bits per heavy atom. The Bertz CT molecular complexity index is 1030. The molecule has 1 atom stereocenters. The Hall–Kier alpha value is -3.26. The number of para-hydroxylation sites is 2. The van der Waals surface area contributed by atoms with Gasteiger partial charge in [0.1, 0.15) is 5.75 Å². The zero-order valence-corrected chi connectivity index (χ0v) is 17.8. The minimum atomic E-state index is -0.596. The van der Waals surface area contributed by atoms with Gasteiger partial charge in [0.15, 0.2) is 6.10 Å². The fourth-order valence-electron chi connectivity index (χ4n) is 3.71. The zero-order valence-electron chi connectivity index (χ0n) is 17.1. The van der Waals surface area contributed by atoms with E-state index >= 15 is 0 Å². The third-order valence-corrected chi connectivity index (χ3v) is 5.55. The fraction of sp³-hybridized carbons (Fsp3) is 0.318. The first-order chi connectivity index (χ1) is 14.9. The van der Waals surface area contributed by atoms with Crippen LogP contribution in [0.2, 0.25) is 5.02 Å². The minimum absolute atomic E-state index is 0.0479. The van der Waals surface area contributed by atoms with Crippen molar-refractivity contribution in [3.05, 3.63) is 47.5 Å². The summed E-state index contributed by atoms with van der Waals surface area (Å²) < 4.78 is 5.62. The number of carbonyl (C=O) groups excluding carboxylic acids is 3. The lowest BCUT2D eigenvalue weighted by molar-refractivity contribution is -0.125. The number of rotatable bonds is 5. The van der Waals surface area contributed by atoms with Crippen LogP contribution in [0.1, 0.15) is 13.3 Å². The van der Waals surface area contributed by atoms with Crippen molar-refractivity contribution in [1.82, 2.24) is 5.32 Å². The molecule has 162 valence electrons. The van der Waals surface area contributed by atoms with Crippen LogP contribution in [0.4, 0.5) is 17.1 Å². The van der Waals surface area contributed by atoms with Crippen LogP contribution in [-0.2, 0) is 14.4 Å². The Balaban J connectivity index is 1.39. The molecule has 0 aliphatic carbocycles. The molecule has 3 amide bonds. The molecule has 1 fully saturated rings. The SMILES string of the molecule is CC1Oc2ccccc2N(CCC(=O)Nc2ccc(N3CCNC(=O)C3)c(Cl)c2)C1=O. The van der Waals surface area contributed by atoms with E-state index in [1.807, 2.05) is 17.0 Å². The average molecular weight is 443 g/mol. The number of nitrogens with one attached hydrogen (secondary N) is 2. The molecule has 0 bridgehead atoms. The van der Waals surface area contributed by atoms with Gasteiger partial charge in [-0.05, 0) is 37.3 Å². The van der Waals surface area contributed by atoms with Crippen molar-refractivity contribution in [1.29, 1.82) is 0 Å². The summed E-state index contributed by atoms with van der Waals surface area (Å²) in [6.45, 7) is 3.42. The molecule has 0 spiro atoms. The van der Waals surface area contributed by atoms with E-state index in [0.29, 0.717) is 35.2 Å². The monoisotopic (exact) mass is 442 g/mol. The second-order valence-electron chi connectivity index (χ2n) is 7.45. The first-order valence-electron chi connectivity index (χ1n) is 10.1. The smallest absolute Gasteiger partial charge is 0.267 e. The Morgan fingerprint density at radius 1 is 1.23 bits per heavy atom. The number of halogens is 1. The Kier molecular flexibility index (Phi) is 5.99. The minimum Gasteiger partial charge on any atom is -0.479 e. The Morgan fingerprint density at radius 3 is 2.81 bits per heavy atom. The predicted octanol–water partition coefficient (Wildman–Crippen LogP) is 2.42. The van der Waals surface area contributed by atoms with Crippen LogP contribution in [0.3, 0.4) is 0 Å². The number of piperazine rings is 1. The Labute approximate surface area is 185 Å². The van der Waals surface area contributed by atoms with E-state index < -0.39 is 6.10 Å². The summed E-state index contributed by atoms with van der Waals surface area (Å²) in [5, 5.41) is 6.05. The fourth-order valence-corrected chi connectivity index (χ4v) is 4.01. The molecule has 2 aliphatic rings. The maximum atomic E-state index is 12.5. The van der Waals surface area contributed by atoms with Gasteiger partial charge in [0.25, 0.3) is 5.91 Å². The van der Waals surface area contributed by atoms with Crippen molar-refractivity contribution >= 4 is 46.4 Å². The molecule has 8 nitrogen and oxygen atoms in total. The van der Waals surface area contributed by atoms with E-state index in [2.05, 4.69) is 10.6 Å². The molecule has 1 unspecified atom stereocenters. The van der Waals surface area contributed by atoms with Crippen LogP contribution in [0, 0.1) is 0 Å². The highest BCUT2D eigenvalue weighted by molar-refractivity contribution is 6.33. The number of fused-ring (bicyclic) bond motifs is 1. The van der Waals surface area contributed by atoms with Gasteiger partial charge in [0.2, 0.25) is 11.8 Å². The number of nitrogens with zero attached hydrogens (tertiary/aromatic N) is 2. The largest absolute Gasteiger partial charge is 0.479 e. The third-order valence-electron chi connectivity index (χ3n) is 5.25. The second kappa shape index (κ2) is 8.85. The molecular weight excluding hydrogens is 420 g/mol. The van der Waals surface area contributed by atoms with Crippen molar-refractivity contribution in [2.75, 3.05) is 41.3 Å². The van der Waals surface area contributed by atoms with Gasteiger partial charge in [-0.3, -0.25) is 14.4 Å². The van der Waals surface area contributed by atoms with Crippen LogP contribution in [-0.4, -0.2) is 50.0 Å². The van der Waals surface area contributed by atoms with Crippen molar-refractivity contribution < 1.29 is 19.1 Å². The first-order valence-corrected chi connectivity index (χ1v) is 10.5. The predicted molar refractivity (Wildman–Crippen MR) is 119 cm³/mol. The lowest BCUT2D eigenvalue weighted by Crippen LogP contribution is -2.47. The van der Waals surface area contributed by atoms with Crippen molar-refractivity contribution in [3.63, 3.8) is 0 Å². The van der Waals surface area contributed by atoms with E-state index in [1.165, 1.54) is 0 Å². The highest BCUT2D eigenvalue weighted by Gasteiger charge is 2.31. The van der Waals surface area contributed by atoms with Gasteiger partial charge in [0, 0.05) is 31.7 Å². The summed E-state index contributed by atoms with van der Waals surface area (Å²) in [4.78, 5) is 40.1. The van der Waals surface area contributed by atoms with Gasteiger partial charge in [0.05, 0.1) is 22.9 Å². The topological polar surface area (TPSA) is 91.0 Å². The maximum absolute atomic E-state index is 12.5. The lowest BCUT2D eigenvalue weighted by Gasteiger charge is -2.32. The molecule has 0 saturated carbocycles. The summed E-state index contributed by atoms with van der Waals surface area (Å²) in [6, 6.07) is 12.5. The molecule has 2 aromatic rings. The van der Waals surface area contributed by atoms with E-state index in [-0.39, 0.29) is 37.2 Å². The summed E-state index contributed by atoms with van der Waals surface area (Å²) in [6.07, 6.45) is -0.473. The van der Waals surface area contributed by atoms with Gasteiger partial charge in [-0.1, -0.05) is 23.7 Å². The second-order valence-corrected chi connectivity index (χ2v) is 7.86. The van der Waals surface area contributed by atoms with E-state index in [0.717, 1.165) is 5.69 Å².